The first-order valence-corrected chi connectivity index (χ1v) is 7.07. The van der Waals surface area contributed by atoms with Crippen LogP contribution in [0.25, 0.3) is 0 Å². The minimum atomic E-state index is 0.716. The van der Waals surface area contributed by atoms with Crippen LogP contribution in [-0.2, 0) is 19.4 Å². The monoisotopic (exact) mass is 269 g/mol. The quantitative estimate of drug-likeness (QED) is 0.927. The standard InChI is InChI=1S/C16H19N3O/c1-20-15-9-5-2-6-12(15)10-17-16-13-7-3-4-8-14(13)18-11-19-16/h2,5-6,9,11H,3-4,7-8,10H2,1H3,(H,17,18,19). The number of methoxy groups -OCH3 is 1. The van der Waals surface area contributed by atoms with Crippen molar-refractivity contribution in [2.24, 2.45) is 0 Å². The molecule has 0 atom stereocenters. The van der Waals surface area contributed by atoms with Crippen LogP contribution in [0.3, 0.4) is 0 Å². The molecule has 0 saturated heterocycles. The molecule has 0 fully saturated rings. The summed E-state index contributed by atoms with van der Waals surface area (Å²) in [6, 6.07) is 8.05. The maximum absolute atomic E-state index is 5.37. The van der Waals surface area contributed by atoms with E-state index in [1.54, 1.807) is 13.4 Å². The SMILES string of the molecule is COc1ccccc1CNc1ncnc2c1CCCC2. The van der Waals surface area contributed by atoms with Crippen LogP contribution in [0.1, 0.15) is 29.7 Å². The predicted octanol–water partition coefficient (Wildman–Crippen LogP) is 2.98. The third-order valence-corrected chi connectivity index (χ3v) is 3.76. The highest BCUT2D eigenvalue weighted by Crippen LogP contribution is 2.25. The smallest absolute Gasteiger partial charge is 0.133 e. The Balaban J connectivity index is 1.79. The van der Waals surface area contributed by atoms with Crippen molar-refractivity contribution in [2.75, 3.05) is 12.4 Å². The van der Waals surface area contributed by atoms with Crippen molar-refractivity contribution in [1.29, 1.82) is 0 Å². The maximum atomic E-state index is 5.37. The fourth-order valence-corrected chi connectivity index (χ4v) is 2.70. The summed E-state index contributed by atoms with van der Waals surface area (Å²) in [5.74, 6) is 1.88. The first kappa shape index (κ1) is 12.9. The van der Waals surface area contributed by atoms with E-state index in [2.05, 4.69) is 21.4 Å². The van der Waals surface area contributed by atoms with E-state index in [-0.39, 0.29) is 0 Å². The van der Waals surface area contributed by atoms with Gasteiger partial charge in [0.1, 0.15) is 17.9 Å². The molecule has 1 aromatic carbocycles. The minimum absolute atomic E-state index is 0.716. The normalized spacial score (nSPS) is 13.7. The molecule has 0 unspecified atom stereocenters. The molecule has 1 heterocycles. The summed E-state index contributed by atoms with van der Waals surface area (Å²) in [5.41, 5.74) is 3.63. The lowest BCUT2D eigenvalue weighted by Crippen LogP contribution is -2.12. The van der Waals surface area contributed by atoms with Crippen molar-refractivity contribution < 1.29 is 4.74 Å². The fraction of sp³-hybridized carbons (Fsp3) is 0.375. The van der Waals surface area contributed by atoms with Gasteiger partial charge >= 0.3 is 0 Å². The number of fused-ring (bicyclic) bond motifs is 1. The van der Waals surface area contributed by atoms with Gasteiger partial charge in [0.25, 0.3) is 0 Å². The second-order valence-corrected chi connectivity index (χ2v) is 5.02. The zero-order chi connectivity index (χ0) is 13.8. The Labute approximate surface area is 119 Å². The van der Waals surface area contributed by atoms with E-state index >= 15 is 0 Å². The Bertz CT molecular complexity index is 598. The molecular weight excluding hydrogens is 250 g/mol. The average molecular weight is 269 g/mol. The lowest BCUT2D eigenvalue weighted by molar-refractivity contribution is 0.410. The highest BCUT2D eigenvalue weighted by molar-refractivity contribution is 5.48. The topological polar surface area (TPSA) is 47.0 Å². The molecule has 0 amide bonds. The third-order valence-electron chi connectivity index (χ3n) is 3.76. The van der Waals surface area contributed by atoms with Crippen molar-refractivity contribution in [1.82, 2.24) is 9.97 Å². The number of ether oxygens (including phenoxy) is 1. The summed E-state index contributed by atoms with van der Waals surface area (Å²) >= 11 is 0. The van der Waals surface area contributed by atoms with Crippen LogP contribution in [0.2, 0.25) is 0 Å². The van der Waals surface area contributed by atoms with E-state index in [1.807, 2.05) is 18.2 Å². The van der Waals surface area contributed by atoms with Crippen LogP contribution in [0.4, 0.5) is 5.82 Å². The van der Waals surface area contributed by atoms with E-state index in [1.165, 1.54) is 24.1 Å². The van der Waals surface area contributed by atoms with Gasteiger partial charge in [0, 0.05) is 23.4 Å². The number of hydrogen-bond donors (Lipinski definition) is 1. The molecule has 1 aliphatic carbocycles. The number of benzene rings is 1. The maximum Gasteiger partial charge on any atom is 0.133 e. The summed E-state index contributed by atoms with van der Waals surface area (Å²) in [4.78, 5) is 8.79. The Morgan fingerprint density at radius 1 is 1.15 bits per heavy atom. The van der Waals surface area contributed by atoms with E-state index in [0.29, 0.717) is 6.54 Å². The van der Waals surface area contributed by atoms with Gasteiger partial charge in [-0.3, -0.25) is 0 Å². The molecule has 1 aliphatic rings. The van der Waals surface area contributed by atoms with Gasteiger partial charge < -0.3 is 10.1 Å². The first-order chi connectivity index (χ1) is 9.88. The zero-order valence-electron chi connectivity index (χ0n) is 11.7. The Morgan fingerprint density at radius 2 is 2.00 bits per heavy atom. The lowest BCUT2D eigenvalue weighted by atomic mass is 9.96. The van der Waals surface area contributed by atoms with Gasteiger partial charge in [0.15, 0.2) is 0 Å². The molecule has 3 rings (SSSR count). The van der Waals surface area contributed by atoms with Crippen LogP contribution in [0.5, 0.6) is 5.75 Å². The number of aromatic nitrogens is 2. The fourth-order valence-electron chi connectivity index (χ4n) is 2.70. The molecule has 1 aromatic heterocycles. The van der Waals surface area contributed by atoms with Crippen molar-refractivity contribution >= 4 is 5.82 Å². The van der Waals surface area contributed by atoms with Gasteiger partial charge in [0.05, 0.1) is 7.11 Å². The average Bonchev–Trinajstić information content (AvgIpc) is 2.53. The molecule has 4 nitrogen and oxygen atoms in total. The Hall–Kier alpha value is -2.10. The largest absolute Gasteiger partial charge is 0.496 e. The Kier molecular flexibility index (Phi) is 3.81. The predicted molar refractivity (Wildman–Crippen MR) is 79.0 cm³/mol. The molecule has 4 heteroatoms. The number of nitrogens with zero attached hydrogens (tertiary/aromatic N) is 2. The molecule has 0 aliphatic heterocycles. The summed E-state index contributed by atoms with van der Waals surface area (Å²) in [6.45, 7) is 0.716. The second-order valence-electron chi connectivity index (χ2n) is 5.02. The van der Waals surface area contributed by atoms with Gasteiger partial charge in [-0.2, -0.15) is 0 Å². The van der Waals surface area contributed by atoms with Gasteiger partial charge in [-0.15, -0.1) is 0 Å². The van der Waals surface area contributed by atoms with E-state index in [0.717, 1.165) is 30.0 Å². The zero-order valence-corrected chi connectivity index (χ0v) is 11.7. The van der Waals surface area contributed by atoms with Gasteiger partial charge in [-0.1, -0.05) is 18.2 Å². The second kappa shape index (κ2) is 5.90. The van der Waals surface area contributed by atoms with Crippen molar-refractivity contribution in [3.05, 3.63) is 47.4 Å². The molecule has 104 valence electrons. The Morgan fingerprint density at radius 3 is 2.90 bits per heavy atom. The van der Waals surface area contributed by atoms with Gasteiger partial charge in [-0.05, 0) is 31.7 Å². The molecule has 0 bridgehead atoms. The van der Waals surface area contributed by atoms with Crippen LogP contribution < -0.4 is 10.1 Å². The number of hydrogen-bond acceptors (Lipinski definition) is 4. The van der Waals surface area contributed by atoms with Crippen molar-refractivity contribution in [3.63, 3.8) is 0 Å². The highest BCUT2D eigenvalue weighted by atomic mass is 16.5. The van der Waals surface area contributed by atoms with E-state index < -0.39 is 0 Å². The van der Waals surface area contributed by atoms with Crippen LogP contribution in [-0.4, -0.2) is 17.1 Å². The minimum Gasteiger partial charge on any atom is -0.496 e. The molecule has 20 heavy (non-hydrogen) atoms. The number of nitrogens with one attached hydrogen (secondary N) is 1. The number of anilines is 1. The van der Waals surface area contributed by atoms with Crippen LogP contribution in [0, 0.1) is 0 Å². The molecule has 0 saturated carbocycles. The molecule has 1 N–H and O–H groups in total. The summed E-state index contributed by atoms with van der Waals surface area (Å²) < 4.78 is 5.37. The first-order valence-electron chi connectivity index (χ1n) is 7.07. The van der Waals surface area contributed by atoms with Gasteiger partial charge in [-0.25, -0.2) is 9.97 Å². The molecule has 0 radical (unpaired) electrons. The van der Waals surface area contributed by atoms with Gasteiger partial charge in [0.2, 0.25) is 0 Å². The molecule has 2 aromatic rings. The van der Waals surface area contributed by atoms with E-state index in [9.17, 15) is 0 Å². The van der Waals surface area contributed by atoms with Crippen molar-refractivity contribution in [3.8, 4) is 5.75 Å². The number of rotatable bonds is 4. The number of para-hydroxylation sites is 1. The summed E-state index contributed by atoms with van der Waals surface area (Å²) in [6.07, 6.45) is 6.26. The van der Waals surface area contributed by atoms with Crippen LogP contribution >= 0.6 is 0 Å². The van der Waals surface area contributed by atoms with Crippen molar-refractivity contribution in [2.45, 2.75) is 32.2 Å². The summed E-state index contributed by atoms with van der Waals surface area (Å²) in [5, 5.41) is 3.43. The lowest BCUT2D eigenvalue weighted by Gasteiger charge is -2.18. The third kappa shape index (κ3) is 2.59. The summed E-state index contributed by atoms with van der Waals surface area (Å²) in [7, 11) is 1.70. The van der Waals surface area contributed by atoms with Crippen LogP contribution in [0.15, 0.2) is 30.6 Å². The highest BCUT2D eigenvalue weighted by Gasteiger charge is 2.15. The molecular formula is C16H19N3O. The van der Waals surface area contributed by atoms with E-state index in [4.69, 9.17) is 4.74 Å². The number of aryl methyl sites for hydroxylation is 1. The molecule has 0 spiro atoms.